The number of nitrogens with one attached hydrogen (secondary N) is 1. The highest BCUT2D eigenvalue weighted by molar-refractivity contribution is 5.84. The molecule has 2 saturated heterocycles. The number of amides is 1. The van der Waals surface area contributed by atoms with Crippen molar-refractivity contribution in [1.82, 2.24) is 15.1 Å². The molecule has 2 aliphatic heterocycles. The van der Waals surface area contributed by atoms with Gasteiger partial charge in [-0.1, -0.05) is 6.92 Å². The van der Waals surface area contributed by atoms with Gasteiger partial charge in [0.1, 0.15) is 0 Å². The highest BCUT2D eigenvalue weighted by atomic mass is 16.2. The standard InChI is InChI=1S/C14H27N3O/c1-4-13-14(18)17(11(2)15-13)10-7-12-5-8-16(3)9-6-12/h11-13,15H,4-10H2,1-3H3. The molecule has 0 spiro atoms. The van der Waals surface area contributed by atoms with Crippen LogP contribution >= 0.6 is 0 Å². The normalized spacial score (nSPS) is 31.3. The molecule has 4 nitrogen and oxygen atoms in total. The minimum Gasteiger partial charge on any atom is -0.326 e. The minimum atomic E-state index is 0.0532. The van der Waals surface area contributed by atoms with Crippen molar-refractivity contribution in [3.05, 3.63) is 0 Å². The summed E-state index contributed by atoms with van der Waals surface area (Å²) < 4.78 is 0. The molecule has 0 aliphatic carbocycles. The van der Waals surface area contributed by atoms with Crippen molar-refractivity contribution in [2.75, 3.05) is 26.7 Å². The number of nitrogens with zero attached hydrogens (tertiary/aromatic N) is 2. The first-order chi connectivity index (χ1) is 8.61. The summed E-state index contributed by atoms with van der Waals surface area (Å²) in [6.45, 7) is 7.52. The van der Waals surface area contributed by atoms with E-state index in [9.17, 15) is 4.79 Å². The van der Waals surface area contributed by atoms with Gasteiger partial charge in [-0.15, -0.1) is 0 Å². The summed E-state index contributed by atoms with van der Waals surface area (Å²) in [5.74, 6) is 1.11. The molecule has 18 heavy (non-hydrogen) atoms. The summed E-state index contributed by atoms with van der Waals surface area (Å²) in [5.41, 5.74) is 0. The summed E-state index contributed by atoms with van der Waals surface area (Å²) in [4.78, 5) is 16.6. The summed E-state index contributed by atoms with van der Waals surface area (Å²) in [5, 5.41) is 3.37. The fraction of sp³-hybridized carbons (Fsp3) is 0.929. The summed E-state index contributed by atoms with van der Waals surface area (Å²) in [6, 6.07) is 0.0532. The Bertz CT molecular complexity index is 287. The maximum atomic E-state index is 12.1. The number of hydrogen-bond donors (Lipinski definition) is 1. The van der Waals surface area contributed by atoms with Gasteiger partial charge in [-0.3, -0.25) is 10.1 Å². The minimum absolute atomic E-state index is 0.0532. The lowest BCUT2D eigenvalue weighted by Crippen LogP contribution is -2.37. The van der Waals surface area contributed by atoms with E-state index in [1.165, 1.54) is 32.4 Å². The van der Waals surface area contributed by atoms with Gasteiger partial charge in [0, 0.05) is 6.54 Å². The van der Waals surface area contributed by atoms with Crippen LogP contribution in [0.15, 0.2) is 0 Å². The van der Waals surface area contributed by atoms with Crippen molar-refractivity contribution >= 4 is 5.91 Å². The number of likely N-dealkylation sites (tertiary alicyclic amines) is 1. The van der Waals surface area contributed by atoms with Gasteiger partial charge in [0.05, 0.1) is 12.2 Å². The van der Waals surface area contributed by atoms with Gasteiger partial charge in [0.2, 0.25) is 5.91 Å². The SMILES string of the molecule is CCC1NC(C)N(CCC2CCN(C)CC2)C1=O. The van der Waals surface area contributed by atoms with E-state index < -0.39 is 0 Å². The van der Waals surface area contributed by atoms with E-state index in [4.69, 9.17) is 0 Å². The van der Waals surface area contributed by atoms with Crippen LogP contribution in [0.5, 0.6) is 0 Å². The van der Waals surface area contributed by atoms with Gasteiger partial charge in [0.15, 0.2) is 0 Å². The van der Waals surface area contributed by atoms with Crippen LogP contribution in [0.1, 0.15) is 39.5 Å². The van der Waals surface area contributed by atoms with Crippen LogP contribution in [0.25, 0.3) is 0 Å². The molecule has 0 aromatic heterocycles. The molecule has 2 atom stereocenters. The topological polar surface area (TPSA) is 35.6 Å². The first-order valence-corrected chi connectivity index (χ1v) is 7.37. The zero-order valence-corrected chi connectivity index (χ0v) is 12.0. The summed E-state index contributed by atoms with van der Waals surface area (Å²) in [7, 11) is 2.19. The van der Waals surface area contributed by atoms with E-state index in [0.717, 1.165) is 18.9 Å². The Morgan fingerprint density at radius 3 is 2.56 bits per heavy atom. The third-order valence-electron chi connectivity index (χ3n) is 4.52. The van der Waals surface area contributed by atoms with Crippen LogP contribution in [-0.4, -0.2) is 54.6 Å². The van der Waals surface area contributed by atoms with Crippen LogP contribution in [0.2, 0.25) is 0 Å². The van der Waals surface area contributed by atoms with Crippen molar-refractivity contribution in [3.8, 4) is 0 Å². The average molecular weight is 253 g/mol. The summed E-state index contributed by atoms with van der Waals surface area (Å²) in [6.07, 6.45) is 4.86. The summed E-state index contributed by atoms with van der Waals surface area (Å²) >= 11 is 0. The van der Waals surface area contributed by atoms with Crippen molar-refractivity contribution in [3.63, 3.8) is 0 Å². The van der Waals surface area contributed by atoms with Gasteiger partial charge in [-0.05, 0) is 58.7 Å². The predicted molar refractivity (Wildman–Crippen MR) is 73.2 cm³/mol. The number of carbonyl (C=O) groups is 1. The maximum Gasteiger partial charge on any atom is 0.240 e. The molecule has 4 heteroatoms. The number of rotatable bonds is 4. The molecule has 2 fully saturated rings. The smallest absolute Gasteiger partial charge is 0.240 e. The van der Waals surface area contributed by atoms with E-state index in [1.54, 1.807) is 0 Å². The van der Waals surface area contributed by atoms with E-state index in [2.05, 4.69) is 31.1 Å². The molecule has 0 saturated carbocycles. The quantitative estimate of drug-likeness (QED) is 0.819. The first kappa shape index (κ1) is 13.8. The van der Waals surface area contributed by atoms with Gasteiger partial charge in [0.25, 0.3) is 0 Å². The molecule has 104 valence electrons. The Hall–Kier alpha value is -0.610. The van der Waals surface area contributed by atoms with Crippen LogP contribution < -0.4 is 5.32 Å². The Morgan fingerprint density at radius 2 is 2.00 bits per heavy atom. The third kappa shape index (κ3) is 3.04. The molecule has 2 unspecified atom stereocenters. The molecule has 2 aliphatic rings. The molecular formula is C14H27N3O. The third-order valence-corrected chi connectivity index (χ3v) is 4.52. The van der Waals surface area contributed by atoms with Crippen LogP contribution in [0.4, 0.5) is 0 Å². The molecule has 0 aromatic rings. The lowest BCUT2D eigenvalue weighted by Gasteiger charge is -2.30. The zero-order chi connectivity index (χ0) is 13.1. The van der Waals surface area contributed by atoms with E-state index >= 15 is 0 Å². The predicted octanol–water partition coefficient (Wildman–Crippen LogP) is 1.27. The number of hydrogen-bond acceptors (Lipinski definition) is 3. The maximum absolute atomic E-state index is 12.1. The Morgan fingerprint density at radius 1 is 1.33 bits per heavy atom. The second kappa shape index (κ2) is 6.02. The molecule has 0 bridgehead atoms. The molecule has 0 radical (unpaired) electrons. The molecule has 1 amide bonds. The Labute approximate surface area is 111 Å². The highest BCUT2D eigenvalue weighted by Gasteiger charge is 2.35. The lowest BCUT2D eigenvalue weighted by molar-refractivity contribution is -0.130. The molecular weight excluding hydrogens is 226 g/mol. The van der Waals surface area contributed by atoms with Crippen molar-refractivity contribution in [2.45, 2.75) is 51.7 Å². The second-order valence-electron chi connectivity index (χ2n) is 5.87. The Balaban J connectivity index is 1.78. The first-order valence-electron chi connectivity index (χ1n) is 7.37. The lowest BCUT2D eigenvalue weighted by atomic mass is 9.93. The average Bonchev–Trinajstić information content (AvgIpc) is 2.64. The number of piperidine rings is 1. The van der Waals surface area contributed by atoms with Crippen molar-refractivity contribution < 1.29 is 4.79 Å². The number of carbonyl (C=O) groups excluding carboxylic acids is 1. The van der Waals surface area contributed by atoms with Crippen LogP contribution in [0.3, 0.4) is 0 Å². The van der Waals surface area contributed by atoms with E-state index in [-0.39, 0.29) is 12.2 Å². The fourth-order valence-electron chi connectivity index (χ4n) is 3.11. The van der Waals surface area contributed by atoms with Crippen molar-refractivity contribution in [2.24, 2.45) is 5.92 Å². The van der Waals surface area contributed by atoms with Crippen LogP contribution in [-0.2, 0) is 4.79 Å². The Kier molecular flexibility index (Phi) is 4.62. The highest BCUT2D eigenvalue weighted by Crippen LogP contribution is 2.21. The molecule has 2 rings (SSSR count). The second-order valence-corrected chi connectivity index (χ2v) is 5.87. The van der Waals surface area contributed by atoms with Gasteiger partial charge < -0.3 is 9.80 Å². The largest absolute Gasteiger partial charge is 0.326 e. The van der Waals surface area contributed by atoms with E-state index in [0.29, 0.717) is 5.91 Å². The van der Waals surface area contributed by atoms with Gasteiger partial charge in [-0.2, -0.15) is 0 Å². The monoisotopic (exact) mass is 253 g/mol. The van der Waals surface area contributed by atoms with Gasteiger partial charge in [-0.25, -0.2) is 0 Å². The van der Waals surface area contributed by atoms with E-state index in [1.807, 2.05) is 4.90 Å². The van der Waals surface area contributed by atoms with Crippen LogP contribution in [0, 0.1) is 5.92 Å². The van der Waals surface area contributed by atoms with Crippen molar-refractivity contribution in [1.29, 1.82) is 0 Å². The molecule has 1 N–H and O–H groups in total. The molecule has 2 heterocycles. The fourth-order valence-corrected chi connectivity index (χ4v) is 3.11. The zero-order valence-electron chi connectivity index (χ0n) is 12.0. The van der Waals surface area contributed by atoms with Gasteiger partial charge >= 0.3 is 0 Å². The molecule has 0 aromatic carbocycles.